The van der Waals surface area contributed by atoms with E-state index in [1.54, 1.807) is 0 Å². The van der Waals surface area contributed by atoms with Gasteiger partial charge in [0.25, 0.3) is 0 Å². The molecule has 0 saturated carbocycles. The lowest BCUT2D eigenvalue weighted by Gasteiger charge is -2.39. The summed E-state index contributed by atoms with van der Waals surface area (Å²) in [7, 11) is 0. The molecule has 7 rings (SSSR count). The molecule has 27 heavy (non-hydrogen) atoms. The first-order valence-electron chi connectivity index (χ1n) is 10.7. The van der Waals surface area contributed by atoms with Crippen molar-refractivity contribution >= 4 is 0 Å². The molecule has 3 atom stereocenters. The van der Waals surface area contributed by atoms with Gasteiger partial charge in [-0.3, -0.25) is 0 Å². The Morgan fingerprint density at radius 2 is 1.81 bits per heavy atom. The zero-order valence-corrected chi connectivity index (χ0v) is 17.8. The second-order valence-electron chi connectivity index (χ2n) is 9.56. The third kappa shape index (κ3) is 3.10. The Kier molecular flexibility index (Phi) is 4.61. The normalized spacial score (nSPS) is 29.7. The summed E-state index contributed by atoms with van der Waals surface area (Å²) in [6.07, 6.45) is 10.5. The molecule has 4 bridgehead atoms. The molecule has 1 aliphatic heterocycles. The Balaban J connectivity index is 1.79. The molecule has 3 unspecified atom stereocenters. The second-order valence-corrected chi connectivity index (χ2v) is 9.56. The van der Waals surface area contributed by atoms with E-state index in [1.807, 2.05) is 0 Å². The van der Waals surface area contributed by atoms with Gasteiger partial charge >= 0.3 is 0 Å². The molecule has 0 aromatic heterocycles. The van der Waals surface area contributed by atoms with Crippen molar-refractivity contribution in [2.45, 2.75) is 78.2 Å². The highest BCUT2D eigenvalue weighted by Gasteiger charge is 2.47. The molecule has 144 valence electrons. The third-order valence-electron chi connectivity index (χ3n) is 6.93. The highest BCUT2D eigenvalue weighted by Crippen LogP contribution is 2.50. The van der Waals surface area contributed by atoms with Gasteiger partial charge in [-0.15, -0.1) is 0 Å². The highest BCUT2D eigenvalue weighted by molar-refractivity contribution is 5.45. The molecular weight excluding hydrogens is 328 g/mol. The zero-order valence-electron chi connectivity index (χ0n) is 17.8. The number of hydrogen-bond acceptors (Lipinski definition) is 1. The molecule has 0 N–H and O–H groups in total. The molecule has 0 radical (unpaired) electrons. The molecule has 0 amide bonds. The van der Waals surface area contributed by atoms with Crippen molar-refractivity contribution in [1.29, 1.82) is 0 Å². The summed E-state index contributed by atoms with van der Waals surface area (Å²) in [4.78, 5) is 0. The van der Waals surface area contributed by atoms with Gasteiger partial charge in [0.15, 0.2) is 0 Å². The van der Waals surface area contributed by atoms with Gasteiger partial charge in [0.05, 0.1) is 5.76 Å². The molecule has 6 aliphatic rings. The first-order chi connectivity index (χ1) is 12.8. The topological polar surface area (TPSA) is 9.23 Å². The van der Waals surface area contributed by atoms with E-state index in [9.17, 15) is 0 Å². The summed E-state index contributed by atoms with van der Waals surface area (Å²) >= 11 is 0. The summed E-state index contributed by atoms with van der Waals surface area (Å²) in [5, 5.41) is 0. The largest absolute Gasteiger partial charge is 0.487 e. The van der Waals surface area contributed by atoms with Gasteiger partial charge in [-0.25, -0.2) is 0 Å². The van der Waals surface area contributed by atoms with E-state index in [0.29, 0.717) is 23.7 Å². The van der Waals surface area contributed by atoms with Crippen molar-refractivity contribution in [2.24, 2.45) is 11.8 Å². The Hall–Kier alpha value is -1.76. The van der Waals surface area contributed by atoms with E-state index in [1.165, 1.54) is 33.6 Å². The van der Waals surface area contributed by atoms with Crippen LogP contribution in [0.15, 0.2) is 53.3 Å². The fraction of sp³-hybridized carbons (Fsp3) is 0.538. The summed E-state index contributed by atoms with van der Waals surface area (Å²) in [6, 6.07) is 7.23. The molecule has 1 heteroatoms. The average molecular weight is 363 g/mol. The fourth-order valence-electron chi connectivity index (χ4n) is 5.10. The molecule has 1 aromatic rings. The van der Waals surface area contributed by atoms with Crippen LogP contribution in [0.5, 0.6) is 0 Å². The summed E-state index contributed by atoms with van der Waals surface area (Å²) in [5.74, 6) is 3.08. The smallest absolute Gasteiger partial charge is 0.137 e. The van der Waals surface area contributed by atoms with Gasteiger partial charge in [-0.1, -0.05) is 70.5 Å². The maximum absolute atomic E-state index is 6.64. The fourth-order valence-corrected chi connectivity index (χ4v) is 5.10. The Morgan fingerprint density at radius 1 is 1.04 bits per heavy atom. The summed E-state index contributed by atoms with van der Waals surface area (Å²) in [5.41, 5.74) is 7.31. The van der Waals surface area contributed by atoms with Crippen LogP contribution in [0.25, 0.3) is 0 Å². The van der Waals surface area contributed by atoms with Crippen molar-refractivity contribution in [3.63, 3.8) is 0 Å². The second kappa shape index (κ2) is 6.69. The first kappa shape index (κ1) is 18.6. The van der Waals surface area contributed by atoms with E-state index in [2.05, 4.69) is 78.0 Å². The lowest BCUT2D eigenvalue weighted by atomic mass is 9.70. The van der Waals surface area contributed by atoms with Crippen molar-refractivity contribution in [3.8, 4) is 0 Å². The Morgan fingerprint density at radius 3 is 2.52 bits per heavy atom. The molecule has 1 aromatic carbocycles. The Bertz CT molecular complexity index is 836. The lowest BCUT2D eigenvalue weighted by molar-refractivity contribution is 0.0363. The van der Waals surface area contributed by atoms with Crippen LogP contribution in [-0.2, 0) is 11.2 Å². The van der Waals surface area contributed by atoms with Crippen molar-refractivity contribution in [3.05, 3.63) is 70.0 Å². The standard InChI is InChI=1S/C26H34O/c1-16(2)23-14-21-10-8-19(23)7-9-20-11-12-22(13-18(21)5)26(6)24(20)15-25(27-26)17(3)4/h8,10-12,14-18,24H,7,9,13H2,1-6H3. The maximum Gasteiger partial charge on any atom is 0.137 e. The zero-order chi connectivity index (χ0) is 19.3. The number of rotatable bonds is 2. The van der Waals surface area contributed by atoms with E-state index in [-0.39, 0.29) is 5.60 Å². The summed E-state index contributed by atoms with van der Waals surface area (Å²) < 4.78 is 6.64. The predicted octanol–water partition coefficient (Wildman–Crippen LogP) is 7.06. The van der Waals surface area contributed by atoms with Gasteiger partial charge in [0.2, 0.25) is 0 Å². The van der Waals surface area contributed by atoms with Gasteiger partial charge in [-0.2, -0.15) is 0 Å². The van der Waals surface area contributed by atoms with Crippen LogP contribution in [-0.4, -0.2) is 5.60 Å². The molecule has 0 spiro atoms. The lowest BCUT2D eigenvalue weighted by Crippen LogP contribution is -2.38. The molecule has 1 heterocycles. The van der Waals surface area contributed by atoms with E-state index >= 15 is 0 Å². The van der Waals surface area contributed by atoms with Crippen LogP contribution in [0.3, 0.4) is 0 Å². The van der Waals surface area contributed by atoms with Gasteiger partial charge in [0, 0.05) is 11.8 Å². The molecule has 0 saturated heterocycles. The molecule has 0 fully saturated rings. The number of ether oxygens (including phenoxy) is 1. The van der Waals surface area contributed by atoms with Crippen LogP contribution < -0.4 is 0 Å². The van der Waals surface area contributed by atoms with Crippen LogP contribution in [0.1, 0.15) is 82.9 Å². The first-order valence-corrected chi connectivity index (χ1v) is 10.7. The number of allylic oxidation sites excluding steroid dienone is 3. The number of hydrogen-bond donors (Lipinski definition) is 0. The monoisotopic (exact) mass is 362 g/mol. The van der Waals surface area contributed by atoms with Crippen LogP contribution in [0.2, 0.25) is 0 Å². The number of aryl methyl sites for hydroxylation is 1. The van der Waals surface area contributed by atoms with Crippen LogP contribution >= 0.6 is 0 Å². The van der Waals surface area contributed by atoms with Crippen LogP contribution in [0.4, 0.5) is 0 Å². The van der Waals surface area contributed by atoms with Gasteiger partial charge in [-0.05, 0) is 66.4 Å². The number of benzene rings is 1. The average Bonchev–Trinajstić information content (AvgIpc) is 2.99. The van der Waals surface area contributed by atoms with E-state index in [0.717, 1.165) is 19.3 Å². The molecule has 5 aliphatic carbocycles. The van der Waals surface area contributed by atoms with Crippen molar-refractivity contribution in [2.75, 3.05) is 0 Å². The van der Waals surface area contributed by atoms with Crippen molar-refractivity contribution < 1.29 is 4.74 Å². The predicted molar refractivity (Wildman–Crippen MR) is 114 cm³/mol. The van der Waals surface area contributed by atoms with Gasteiger partial charge in [0.1, 0.15) is 5.60 Å². The van der Waals surface area contributed by atoms with E-state index in [4.69, 9.17) is 4.74 Å². The van der Waals surface area contributed by atoms with Crippen molar-refractivity contribution in [1.82, 2.24) is 0 Å². The Labute approximate surface area is 165 Å². The minimum absolute atomic E-state index is 0.198. The minimum Gasteiger partial charge on any atom is -0.487 e. The van der Waals surface area contributed by atoms with Crippen LogP contribution in [0, 0.1) is 11.8 Å². The third-order valence-corrected chi connectivity index (χ3v) is 6.93. The van der Waals surface area contributed by atoms with E-state index < -0.39 is 0 Å². The summed E-state index contributed by atoms with van der Waals surface area (Å²) in [6.45, 7) is 13.8. The quantitative estimate of drug-likeness (QED) is 0.547. The molecule has 1 nitrogen and oxygen atoms in total. The SMILES string of the molecule is CC(C)C1=CC2C3=CC=C(CC(C)c4ccc(c(C(C)C)c4)CC3)C2(C)O1. The highest BCUT2D eigenvalue weighted by atomic mass is 16.5. The minimum atomic E-state index is -0.198. The maximum atomic E-state index is 6.64. The van der Waals surface area contributed by atoms with Gasteiger partial charge < -0.3 is 4.74 Å². The molecular formula is C26H34O.